The zero-order valence-electron chi connectivity index (χ0n) is 24.8. The third-order valence-electron chi connectivity index (χ3n) is 8.52. The van der Waals surface area contributed by atoms with E-state index in [1.165, 1.54) is 0 Å². The van der Waals surface area contributed by atoms with Crippen LogP contribution in [-0.2, 0) is 20.9 Å². The van der Waals surface area contributed by atoms with Crippen molar-refractivity contribution in [3.8, 4) is 0 Å². The Kier molecular flexibility index (Phi) is 11.3. The van der Waals surface area contributed by atoms with Crippen LogP contribution >= 0.6 is 12.4 Å². The minimum absolute atomic E-state index is 0. The van der Waals surface area contributed by atoms with E-state index in [4.69, 9.17) is 0 Å². The fourth-order valence-corrected chi connectivity index (χ4v) is 6.11. The molecule has 0 aliphatic carbocycles. The molecule has 2 fully saturated rings. The molecule has 0 radical (unpaired) electrons. The first-order valence-electron chi connectivity index (χ1n) is 14.9. The van der Waals surface area contributed by atoms with Gasteiger partial charge in [-0.15, -0.1) is 12.4 Å². The maximum absolute atomic E-state index is 14.2. The molecule has 228 valence electrons. The van der Waals surface area contributed by atoms with Gasteiger partial charge in [0.2, 0.25) is 17.7 Å². The largest absolute Gasteiger partial charge is 0.343 e. The van der Waals surface area contributed by atoms with E-state index < -0.39 is 18.1 Å². The summed E-state index contributed by atoms with van der Waals surface area (Å²) in [5.74, 6) is -0.594. The molecule has 3 amide bonds. The van der Waals surface area contributed by atoms with Crippen molar-refractivity contribution < 1.29 is 14.4 Å². The van der Waals surface area contributed by atoms with Crippen molar-refractivity contribution in [1.82, 2.24) is 25.8 Å². The molecular formula is C34H42ClN5O3. The maximum Gasteiger partial charge on any atom is 0.247 e. The normalized spacial score (nSPS) is 21.2. The van der Waals surface area contributed by atoms with Crippen LogP contribution in [-0.4, -0.2) is 71.8 Å². The van der Waals surface area contributed by atoms with E-state index in [2.05, 4.69) is 33.0 Å². The molecule has 0 saturated carbocycles. The number of hydrogen-bond donors (Lipinski definition) is 3. The molecule has 4 atom stereocenters. The molecule has 9 heteroatoms. The fourth-order valence-electron chi connectivity index (χ4n) is 6.11. The lowest BCUT2D eigenvalue weighted by atomic mass is 9.98. The molecule has 3 aromatic rings. The van der Waals surface area contributed by atoms with Crippen LogP contribution in [0.4, 0.5) is 0 Å². The topological polar surface area (TPSA) is 93.8 Å². The number of benzene rings is 3. The highest BCUT2D eigenvalue weighted by atomic mass is 35.5. The number of halogens is 1. The molecule has 8 nitrogen and oxygen atoms in total. The van der Waals surface area contributed by atoms with Gasteiger partial charge in [0.15, 0.2) is 0 Å². The predicted octanol–water partition coefficient (Wildman–Crippen LogP) is 3.67. The van der Waals surface area contributed by atoms with Crippen LogP contribution in [0.1, 0.15) is 48.9 Å². The molecule has 43 heavy (non-hydrogen) atoms. The number of hydrogen-bond acceptors (Lipinski definition) is 5. The summed E-state index contributed by atoms with van der Waals surface area (Å²) in [4.78, 5) is 45.2. The first kappa shape index (κ1) is 32.2. The lowest BCUT2D eigenvalue weighted by Crippen LogP contribution is -2.61. The minimum atomic E-state index is -0.757. The zero-order chi connectivity index (χ0) is 29.5. The van der Waals surface area contributed by atoms with Crippen molar-refractivity contribution in [3.05, 3.63) is 108 Å². The van der Waals surface area contributed by atoms with Gasteiger partial charge in [-0.05, 0) is 49.9 Å². The number of amides is 3. The number of fused-ring (bicyclic) bond motifs is 1. The van der Waals surface area contributed by atoms with E-state index in [0.29, 0.717) is 19.5 Å². The Morgan fingerprint density at radius 1 is 0.860 bits per heavy atom. The summed E-state index contributed by atoms with van der Waals surface area (Å²) in [6.45, 7) is 3.60. The monoisotopic (exact) mass is 603 g/mol. The highest BCUT2D eigenvalue weighted by Crippen LogP contribution is 2.31. The lowest BCUT2D eigenvalue weighted by molar-refractivity contribution is -0.145. The van der Waals surface area contributed by atoms with Crippen LogP contribution in [0.3, 0.4) is 0 Å². The van der Waals surface area contributed by atoms with E-state index in [1.807, 2.05) is 78.9 Å². The van der Waals surface area contributed by atoms with E-state index in [9.17, 15) is 14.4 Å². The van der Waals surface area contributed by atoms with Gasteiger partial charge in [-0.25, -0.2) is 0 Å². The summed E-state index contributed by atoms with van der Waals surface area (Å²) in [6.07, 6.45) is 2.11. The van der Waals surface area contributed by atoms with E-state index in [1.54, 1.807) is 18.9 Å². The summed E-state index contributed by atoms with van der Waals surface area (Å²) in [5, 5.41) is 9.23. The molecule has 2 heterocycles. The summed E-state index contributed by atoms with van der Waals surface area (Å²) < 4.78 is 0. The van der Waals surface area contributed by atoms with Crippen molar-refractivity contribution >= 4 is 30.1 Å². The van der Waals surface area contributed by atoms with Crippen molar-refractivity contribution in [1.29, 1.82) is 0 Å². The van der Waals surface area contributed by atoms with Crippen LogP contribution in [0.25, 0.3) is 0 Å². The number of likely N-dealkylation sites (N-methyl/N-ethyl adjacent to an activating group) is 1. The van der Waals surface area contributed by atoms with Gasteiger partial charge in [-0.1, -0.05) is 91.0 Å². The minimum Gasteiger partial charge on any atom is -0.343 e. The molecule has 0 aromatic heterocycles. The third kappa shape index (κ3) is 7.82. The first-order chi connectivity index (χ1) is 20.4. The third-order valence-corrected chi connectivity index (χ3v) is 8.52. The molecule has 5 rings (SSSR count). The summed E-state index contributed by atoms with van der Waals surface area (Å²) in [6, 6.07) is 27.8. The maximum atomic E-state index is 14.2. The van der Waals surface area contributed by atoms with E-state index >= 15 is 0 Å². The molecule has 0 bridgehead atoms. The van der Waals surface area contributed by atoms with Gasteiger partial charge >= 0.3 is 0 Å². The average Bonchev–Trinajstić information content (AvgIpc) is 3.45. The quantitative estimate of drug-likeness (QED) is 0.347. The Morgan fingerprint density at radius 2 is 1.44 bits per heavy atom. The highest BCUT2D eigenvalue weighted by molar-refractivity contribution is 5.94. The molecular weight excluding hydrogens is 562 g/mol. The van der Waals surface area contributed by atoms with Crippen LogP contribution in [0.5, 0.6) is 0 Å². The number of carbonyl (C=O) groups is 3. The van der Waals surface area contributed by atoms with Gasteiger partial charge < -0.3 is 20.9 Å². The average molecular weight is 604 g/mol. The molecule has 3 aromatic carbocycles. The van der Waals surface area contributed by atoms with Gasteiger partial charge in [-0.3, -0.25) is 19.3 Å². The van der Waals surface area contributed by atoms with E-state index in [-0.39, 0.29) is 42.2 Å². The second-order valence-corrected chi connectivity index (χ2v) is 11.3. The number of nitrogens with one attached hydrogen (secondary N) is 3. The number of nitrogens with zero attached hydrogens (tertiary/aromatic N) is 2. The van der Waals surface area contributed by atoms with Crippen LogP contribution < -0.4 is 16.0 Å². The lowest BCUT2D eigenvalue weighted by Gasteiger charge is -2.39. The highest BCUT2D eigenvalue weighted by Gasteiger charge is 2.45. The van der Waals surface area contributed by atoms with Gasteiger partial charge in [0.1, 0.15) is 12.1 Å². The smallest absolute Gasteiger partial charge is 0.247 e. The first-order valence-corrected chi connectivity index (χ1v) is 14.9. The molecule has 3 N–H and O–H groups in total. The predicted molar refractivity (Wildman–Crippen MR) is 171 cm³/mol. The Morgan fingerprint density at radius 3 is 2.02 bits per heavy atom. The van der Waals surface area contributed by atoms with Gasteiger partial charge in [0.05, 0.1) is 12.1 Å². The number of rotatable bonds is 9. The van der Waals surface area contributed by atoms with Crippen LogP contribution in [0.2, 0.25) is 0 Å². The molecule has 0 unspecified atom stereocenters. The zero-order valence-corrected chi connectivity index (χ0v) is 25.6. The van der Waals surface area contributed by atoms with Gasteiger partial charge in [0, 0.05) is 25.7 Å². The van der Waals surface area contributed by atoms with Crippen molar-refractivity contribution in [2.45, 2.75) is 62.9 Å². The molecule has 0 spiro atoms. The molecule has 2 saturated heterocycles. The van der Waals surface area contributed by atoms with Gasteiger partial charge in [0.25, 0.3) is 0 Å². The van der Waals surface area contributed by atoms with Gasteiger partial charge in [-0.2, -0.15) is 0 Å². The van der Waals surface area contributed by atoms with Crippen molar-refractivity contribution in [2.75, 3.05) is 20.1 Å². The Hall–Kier alpha value is -3.72. The van der Waals surface area contributed by atoms with Crippen LogP contribution in [0, 0.1) is 0 Å². The van der Waals surface area contributed by atoms with Crippen molar-refractivity contribution in [3.63, 3.8) is 0 Å². The summed E-state index contributed by atoms with van der Waals surface area (Å²) in [7, 11) is 1.72. The summed E-state index contributed by atoms with van der Waals surface area (Å²) >= 11 is 0. The Labute approximate surface area is 260 Å². The van der Waals surface area contributed by atoms with Crippen LogP contribution in [0.15, 0.2) is 91.0 Å². The summed E-state index contributed by atoms with van der Waals surface area (Å²) in [5.41, 5.74) is 3.12. The standard InChI is InChI=1S/C34H41N5O3.ClH/c1-24(35-2)32(40)36-29-23-38(22-25-12-6-3-7-13-25)21-20-28-18-19-30(39(28)34(29)42)33(41)37-31(26-14-8-4-9-15-26)27-16-10-5-11-17-27;/h3-17,24,28-31,35H,18-23H2,1-2H3,(H,36,40)(H,37,41);1H/t24-,28+,29-,30-;/m0./s1. The van der Waals surface area contributed by atoms with E-state index in [0.717, 1.165) is 36.1 Å². The SMILES string of the molecule is CN[C@@H](C)C(=O)N[C@H]1CN(Cc2ccccc2)CC[C@H]2CC[C@@H](C(=O)NC(c3ccccc3)c3ccccc3)N2C1=O.Cl. The fraction of sp³-hybridized carbons (Fsp3) is 0.382. The Bertz CT molecular complexity index is 1300. The van der Waals surface area contributed by atoms with Crippen molar-refractivity contribution in [2.24, 2.45) is 0 Å². The Balaban J connectivity index is 0.00000423. The number of carbonyl (C=O) groups excluding carboxylic acids is 3. The molecule has 2 aliphatic heterocycles. The molecule has 2 aliphatic rings. The second-order valence-electron chi connectivity index (χ2n) is 11.3. The second kappa shape index (κ2) is 15.1.